The number of hydrazine groups is 1. The number of carbonyl (C=O) groups is 1. The molecule has 0 spiro atoms. The van der Waals surface area contributed by atoms with Crippen molar-refractivity contribution in [2.75, 3.05) is 0 Å². The maximum atomic E-state index is 11.2. The minimum atomic E-state index is -0.594. The van der Waals surface area contributed by atoms with Gasteiger partial charge in [-0.3, -0.25) is 10.2 Å². The fourth-order valence-corrected chi connectivity index (χ4v) is 2.60. The van der Waals surface area contributed by atoms with Gasteiger partial charge in [-0.05, 0) is 28.8 Å². The maximum absolute atomic E-state index is 11.2. The Kier molecular flexibility index (Phi) is 3.19. The molecule has 4 nitrogen and oxygen atoms in total. The zero-order valence-electron chi connectivity index (χ0n) is 8.64. The van der Waals surface area contributed by atoms with Crippen LogP contribution in [0.5, 0.6) is 0 Å². The zero-order valence-corrected chi connectivity index (χ0v) is 9.46. The van der Waals surface area contributed by atoms with Crippen LogP contribution in [0.4, 0.5) is 0 Å². The Bertz CT molecular complexity index is 509. The van der Waals surface area contributed by atoms with Crippen molar-refractivity contribution in [3.8, 4) is 0 Å². The summed E-state index contributed by atoms with van der Waals surface area (Å²) in [4.78, 5) is 11.2. The lowest BCUT2D eigenvalue weighted by Gasteiger charge is -2.08. The molecule has 0 aliphatic carbocycles. The number of fused-ring (bicyclic) bond motifs is 1. The molecule has 84 valence electrons. The molecule has 0 aliphatic heterocycles. The summed E-state index contributed by atoms with van der Waals surface area (Å²) in [5.74, 6) is 4.70. The molecule has 1 heterocycles. The first-order valence-corrected chi connectivity index (χ1v) is 5.81. The van der Waals surface area contributed by atoms with Crippen LogP contribution in [0.15, 0.2) is 29.6 Å². The van der Waals surface area contributed by atoms with Crippen molar-refractivity contribution in [2.24, 2.45) is 11.6 Å². The van der Waals surface area contributed by atoms with Crippen LogP contribution in [-0.4, -0.2) is 11.9 Å². The largest absolute Gasteiger partial charge is 0.320 e. The van der Waals surface area contributed by atoms with E-state index in [1.165, 1.54) is 4.70 Å². The topological polar surface area (TPSA) is 81.1 Å². The lowest BCUT2D eigenvalue weighted by atomic mass is 10.1. The van der Waals surface area contributed by atoms with Gasteiger partial charge >= 0.3 is 0 Å². The number of rotatable bonds is 3. The average Bonchev–Trinajstić information content (AvgIpc) is 2.72. The Morgan fingerprint density at radius 3 is 2.94 bits per heavy atom. The smallest absolute Gasteiger partial charge is 0.251 e. The van der Waals surface area contributed by atoms with E-state index in [0.29, 0.717) is 6.42 Å². The summed E-state index contributed by atoms with van der Waals surface area (Å²) in [6.45, 7) is 0. The van der Waals surface area contributed by atoms with Crippen LogP contribution in [0.2, 0.25) is 0 Å². The predicted molar refractivity (Wildman–Crippen MR) is 65.8 cm³/mol. The van der Waals surface area contributed by atoms with E-state index in [1.807, 2.05) is 23.6 Å². The second-order valence-electron chi connectivity index (χ2n) is 3.58. The molecule has 0 aliphatic rings. The summed E-state index contributed by atoms with van der Waals surface area (Å²) in [6, 6.07) is 7.47. The number of nitrogens with one attached hydrogen (secondary N) is 1. The van der Waals surface area contributed by atoms with Crippen LogP contribution in [0.3, 0.4) is 0 Å². The van der Waals surface area contributed by atoms with Crippen LogP contribution in [-0.2, 0) is 11.2 Å². The van der Waals surface area contributed by atoms with Crippen LogP contribution in [0, 0.1) is 0 Å². The highest BCUT2D eigenvalue weighted by atomic mass is 32.1. The quantitative estimate of drug-likeness (QED) is 0.417. The second kappa shape index (κ2) is 4.61. The number of thiophene rings is 1. The van der Waals surface area contributed by atoms with E-state index in [0.717, 1.165) is 10.9 Å². The predicted octanol–water partition coefficient (Wildman–Crippen LogP) is 0.761. The molecule has 2 rings (SSSR count). The Balaban J connectivity index is 2.24. The van der Waals surface area contributed by atoms with E-state index >= 15 is 0 Å². The lowest BCUT2D eigenvalue weighted by molar-refractivity contribution is -0.122. The summed E-state index contributed by atoms with van der Waals surface area (Å²) < 4.78 is 1.21. The second-order valence-corrected chi connectivity index (χ2v) is 4.49. The van der Waals surface area contributed by atoms with E-state index in [1.54, 1.807) is 11.3 Å². The number of hydrogen-bond donors (Lipinski definition) is 3. The first kappa shape index (κ1) is 11.1. The highest BCUT2D eigenvalue weighted by Gasteiger charge is 2.14. The van der Waals surface area contributed by atoms with Crippen molar-refractivity contribution in [2.45, 2.75) is 12.5 Å². The van der Waals surface area contributed by atoms with Crippen molar-refractivity contribution in [1.82, 2.24) is 5.43 Å². The van der Waals surface area contributed by atoms with Gasteiger partial charge in [0.05, 0.1) is 6.04 Å². The molecule has 1 aromatic heterocycles. The first-order chi connectivity index (χ1) is 7.72. The maximum Gasteiger partial charge on any atom is 0.251 e. The summed E-state index contributed by atoms with van der Waals surface area (Å²) in [6.07, 6.45) is 0.507. The molecule has 16 heavy (non-hydrogen) atoms. The van der Waals surface area contributed by atoms with Gasteiger partial charge in [0.25, 0.3) is 5.91 Å². The van der Waals surface area contributed by atoms with Crippen LogP contribution >= 0.6 is 11.3 Å². The molecule has 0 saturated carbocycles. The van der Waals surface area contributed by atoms with E-state index in [-0.39, 0.29) is 5.91 Å². The van der Waals surface area contributed by atoms with E-state index in [4.69, 9.17) is 11.6 Å². The number of carbonyl (C=O) groups excluding carboxylic acids is 1. The number of nitrogens with two attached hydrogens (primary N) is 2. The Morgan fingerprint density at radius 2 is 2.19 bits per heavy atom. The van der Waals surface area contributed by atoms with Crippen molar-refractivity contribution >= 4 is 27.3 Å². The van der Waals surface area contributed by atoms with Gasteiger partial charge in [0.1, 0.15) is 0 Å². The highest BCUT2D eigenvalue weighted by Crippen LogP contribution is 2.26. The van der Waals surface area contributed by atoms with Crippen LogP contribution in [0.25, 0.3) is 10.1 Å². The van der Waals surface area contributed by atoms with Crippen LogP contribution < -0.4 is 17.0 Å². The summed E-state index contributed by atoms with van der Waals surface area (Å²) >= 11 is 1.66. The highest BCUT2D eigenvalue weighted by molar-refractivity contribution is 7.17. The van der Waals surface area contributed by atoms with Crippen molar-refractivity contribution < 1.29 is 4.79 Å². The van der Waals surface area contributed by atoms with Gasteiger partial charge in [-0.15, -0.1) is 11.3 Å². The molecular weight excluding hydrogens is 222 g/mol. The van der Waals surface area contributed by atoms with Crippen molar-refractivity contribution in [3.63, 3.8) is 0 Å². The average molecular weight is 235 g/mol. The molecule has 2 aromatic rings. The molecule has 1 atom stereocenters. The lowest BCUT2D eigenvalue weighted by Crippen LogP contribution is -2.45. The van der Waals surface area contributed by atoms with E-state index in [2.05, 4.69) is 11.5 Å². The fraction of sp³-hybridized carbons (Fsp3) is 0.182. The van der Waals surface area contributed by atoms with E-state index < -0.39 is 6.04 Å². The molecular formula is C11H13N3OS. The van der Waals surface area contributed by atoms with Gasteiger partial charge in [-0.2, -0.15) is 0 Å². The van der Waals surface area contributed by atoms with Gasteiger partial charge in [0.2, 0.25) is 0 Å². The SMILES string of the molecule is NNC(=O)C(N)Cc1csc2ccccc12. The Morgan fingerprint density at radius 1 is 1.44 bits per heavy atom. The molecule has 1 amide bonds. The molecule has 0 saturated heterocycles. The first-order valence-electron chi connectivity index (χ1n) is 4.93. The zero-order chi connectivity index (χ0) is 11.5. The Hall–Kier alpha value is -1.43. The van der Waals surface area contributed by atoms with Gasteiger partial charge in [0, 0.05) is 4.70 Å². The van der Waals surface area contributed by atoms with Gasteiger partial charge in [-0.25, -0.2) is 5.84 Å². The molecule has 5 N–H and O–H groups in total. The summed E-state index contributed by atoms with van der Waals surface area (Å²) in [7, 11) is 0. The standard InChI is InChI=1S/C11H13N3OS/c12-9(11(15)14-13)5-7-6-16-10-4-2-1-3-8(7)10/h1-4,6,9H,5,12-13H2,(H,14,15). The monoisotopic (exact) mass is 235 g/mol. The van der Waals surface area contributed by atoms with Crippen molar-refractivity contribution in [1.29, 1.82) is 0 Å². The molecule has 0 fully saturated rings. The fourth-order valence-electron chi connectivity index (χ4n) is 1.63. The molecule has 0 radical (unpaired) electrons. The van der Waals surface area contributed by atoms with Crippen LogP contribution in [0.1, 0.15) is 5.56 Å². The third-order valence-corrected chi connectivity index (χ3v) is 3.49. The number of benzene rings is 1. The van der Waals surface area contributed by atoms with Gasteiger partial charge in [-0.1, -0.05) is 18.2 Å². The van der Waals surface area contributed by atoms with Gasteiger partial charge in [0.15, 0.2) is 0 Å². The van der Waals surface area contributed by atoms with E-state index in [9.17, 15) is 4.79 Å². The molecule has 0 bridgehead atoms. The van der Waals surface area contributed by atoms with Crippen molar-refractivity contribution in [3.05, 3.63) is 35.2 Å². The minimum absolute atomic E-state index is 0.338. The number of amides is 1. The van der Waals surface area contributed by atoms with Gasteiger partial charge < -0.3 is 5.73 Å². The molecule has 1 unspecified atom stereocenters. The summed E-state index contributed by atoms with van der Waals surface area (Å²) in [5, 5.41) is 3.20. The summed E-state index contributed by atoms with van der Waals surface area (Å²) in [5.41, 5.74) is 8.88. The molecule has 5 heteroatoms. The molecule has 1 aromatic carbocycles. The minimum Gasteiger partial charge on any atom is -0.320 e. The third kappa shape index (κ3) is 2.06. The number of hydrogen-bond acceptors (Lipinski definition) is 4. The normalized spacial score (nSPS) is 12.6. The Labute approximate surface area is 97.2 Å². The third-order valence-electron chi connectivity index (χ3n) is 2.48.